The Labute approximate surface area is 102 Å². The second-order valence-corrected chi connectivity index (χ2v) is 3.72. The van der Waals surface area contributed by atoms with Crippen LogP contribution in [-0.4, -0.2) is 19.7 Å². The Morgan fingerprint density at radius 3 is 2.53 bits per heavy atom. The largest absolute Gasteiger partial charge is 0.360 e. The minimum absolute atomic E-state index is 0. The number of nitrogens with zero attached hydrogens (tertiary/aromatic N) is 4. The van der Waals surface area contributed by atoms with Crippen LogP contribution in [0.2, 0.25) is 0 Å². The summed E-state index contributed by atoms with van der Waals surface area (Å²) in [4.78, 5) is 4.46. The van der Waals surface area contributed by atoms with Crippen molar-refractivity contribution >= 4 is 11.0 Å². The molecule has 0 aliphatic rings. The molecule has 15 heavy (non-hydrogen) atoms. The van der Waals surface area contributed by atoms with Gasteiger partial charge in [0.05, 0.1) is 5.82 Å². The number of hydrogen-bond acceptors (Lipinski definition) is 3. The van der Waals surface area contributed by atoms with E-state index < -0.39 is 0 Å². The Balaban J connectivity index is 0.00000112. The van der Waals surface area contributed by atoms with Crippen molar-refractivity contribution in [3.8, 4) is 0 Å². The SMILES string of the molecule is Cc1nn[c-]c2c1nc(C)n2C(C)C.[Rh]. The van der Waals surface area contributed by atoms with Gasteiger partial charge in [0.2, 0.25) is 0 Å². The summed E-state index contributed by atoms with van der Waals surface area (Å²) in [5.41, 5.74) is 2.72. The average molecular weight is 292 g/mol. The molecule has 0 saturated heterocycles. The Kier molecular flexibility index (Phi) is 3.55. The molecule has 0 unspecified atom stereocenters. The Bertz CT molecular complexity index is 475. The predicted molar refractivity (Wildman–Crippen MR) is 54.0 cm³/mol. The van der Waals surface area contributed by atoms with Crippen LogP contribution in [-0.2, 0) is 19.5 Å². The first kappa shape index (κ1) is 12.2. The van der Waals surface area contributed by atoms with Crippen LogP contribution in [0.3, 0.4) is 0 Å². The molecule has 4 nitrogen and oxygen atoms in total. The van der Waals surface area contributed by atoms with Crippen molar-refractivity contribution in [1.29, 1.82) is 0 Å². The van der Waals surface area contributed by atoms with E-state index >= 15 is 0 Å². The van der Waals surface area contributed by atoms with Gasteiger partial charge in [-0.2, -0.15) is 5.10 Å². The Morgan fingerprint density at radius 2 is 1.93 bits per heavy atom. The number of hydrogen-bond donors (Lipinski definition) is 0. The van der Waals surface area contributed by atoms with E-state index in [0.29, 0.717) is 6.04 Å². The van der Waals surface area contributed by atoms with Gasteiger partial charge in [-0.1, -0.05) is 11.7 Å². The first-order valence-corrected chi connectivity index (χ1v) is 4.70. The maximum absolute atomic E-state index is 4.46. The predicted octanol–water partition coefficient (Wildman–Crippen LogP) is 1.82. The molecule has 83 valence electrons. The molecule has 0 fully saturated rings. The molecule has 1 radical (unpaired) electrons. The standard InChI is InChI=1S/C10H13N4.Rh/c1-6(2)14-8(4)12-10-7(3)13-11-5-9(10)14;/h6H,1-4H3;/q-1;. The van der Waals surface area contributed by atoms with E-state index in [1.807, 2.05) is 13.8 Å². The number of aromatic nitrogens is 4. The van der Waals surface area contributed by atoms with Crippen LogP contribution in [0.4, 0.5) is 0 Å². The van der Waals surface area contributed by atoms with Crippen LogP contribution >= 0.6 is 0 Å². The normalized spacial score (nSPS) is 10.7. The molecular formula is C10H13N4Rh-. The summed E-state index contributed by atoms with van der Waals surface area (Å²) in [6, 6.07) is 0.375. The van der Waals surface area contributed by atoms with Gasteiger partial charge in [-0.25, -0.2) is 0 Å². The molecule has 0 atom stereocenters. The molecule has 0 bridgehead atoms. The summed E-state index contributed by atoms with van der Waals surface area (Å²) in [7, 11) is 0. The van der Waals surface area contributed by atoms with Crippen LogP contribution in [0.25, 0.3) is 11.0 Å². The molecule has 0 aliphatic carbocycles. The first-order valence-electron chi connectivity index (χ1n) is 4.70. The van der Waals surface area contributed by atoms with Crippen LogP contribution in [0.15, 0.2) is 0 Å². The van der Waals surface area contributed by atoms with Crippen LogP contribution in [0, 0.1) is 20.0 Å². The van der Waals surface area contributed by atoms with Crippen molar-refractivity contribution in [3.05, 3.63) is 17.7 Å². The third-order valence-corrected chi connectivity index (χ3v) is 2.30. The molecule has 0 aromatic carbocycles. The van der Waals surface area contributed by atoms with E-state index in [1.165, 1.54) is 0 Å². The number of imidazole rings is 1. The zero-order valence-corrected chi connectivity index (χ0v) is 10.8. The summed E-state index contributed by atoms with van der Waals surface area (Å²) in [5.74, 6) is 0.990. The zero-order valence-electron chi connectivity index (χ0n) is 9.20. The molecule has 2 heterocycles. The van der Waals surface area contributed by atoms with Gasteiger partial charge in [0.1, 0.15) is 0 Å². The van der Waals surface area contributed by atoms with Gasteiger partial charge in [0.15, 0.2) is 0 Å². The van der Waals surface area contributed by atoms with Crippen molar-refractivity contribution < 1.29 is 19.5 Å². The minimum Gasteiger partial charge on any atom is -0.360 e. The smallest absolute Gasteiger partial charge is 0.0845 e. The molecule has 0 amide bonds. The molecular weight excluding hydrogens is 279 g/mol. The van der Waals surface area contributed by atoms with Gasteiger partial charge in [-0.3, -0.25) is 5.10 Å². The van der Waals surface area contributed by atoms with E-state index in [1.54, 1.807) is 0 Å². The van der Waals surface area contributed by atoms with Crippen LogP contribution in [0.1, 0.15) is 31.4 Å². The third-order valence-electron chi connectivity index (χ3n) is 2.30. The second kappa shape index (κ2) is 4.35. The molecule has 5 heteroatoms. The van der Waals surface area contributed by atoms with Crippen molar-refractivity contribution in [2.24, 2.45) is 0 Å². The summed E-state index contributed by atoms with van der Waals surface area (Å²) in [6.45, 7) is 8.16. The monoisotopic (exact) mass is 292 g/mol. The van der Waals surface area contributed by atoms with Crippen molar-refractivity contribution in [1.82, 2.24) is 19.7 Å². The van der Waals surface area contributed by atoms with Crippen molar-refractivity contribution in [2.75, 3.05) is 0 Å². The fourth-order valence-electron chi connectivity index (χ4n) is 1.73. The zero-order chi connectivity index (χ0) is 10.3. The fourth-order valence-corrected chi connectivity index (χ4v) is 1.73. The van der Waals surface area contributed by atoms with Gasteiger partial charge in [-0.15, -0.1) is 0 Å². The van der Waals surface area contributed by atoms with E-state index in [-0.39, 0.29) is 19.5 Å². The quantitative estimate of drug-likeness (QED) is 0.595. The molecule has 0 spiro atoms. The number of rotatable bonds is 1. The first-order chi connectivity index (χ1) is 6.61. The van der Waals surface area contributed by atoms with E-state index in [9.17, 15) is 0 Å². The van der Waals surface area contributed by atoms with E-state index in [2.05, 4.69) is 39.8 Å². The van der Waals surface area contributed by atoms with Gasteiger partial charge in [-0.05, 0) is 33.2 Å². The van der Waals surface area contributed by atoms with Crippen LogP contribution in [0.5, 0.6) is 0 Å². The molecule has 0 saturated carbocycles. The Morgan fingerprint density at radius 1 is 1.27 bits per heavy atom. The molecule has 0 N–H and O–H groups in total. The van der Waals surface area contributed by atoms with Crippen molar-refractivity contribution in [2.45, 2.75) is 33.7 Å². The maximum Gasteiger partial charge on any atom is 0.0845 e. The number of fused-ring (bicyclic) bond motifs is 1. The second-order valence-electron chi connectivity index (χ2n) is 3.72. The topological polar surface area (TPSA) is 43.6 Å². The van der Waals surface area contributed by atoms with Gasteiger partial charge in [0.25, 0.3) is 0 Å². The van der Waals surface area contributed by atoms with E-state index in [4.69, 9.17) is 0 Å². The summed E-state index contributed by atoms with van der Waals surface area (Å²) in [6.07, 6.45) is 2.90. The Hall–Kier alpha value is -0.827. The third kappa shape index (κ3) is 1.93. The van der Waals surface area contributed by atoms with Gasteiger partial charge >= 0.3 is 0 Å². The molecule has 2 rings (SSSR count). The molecule has 2 aromatic heterocycles. The fraction of sp³-hybridized carbons (Fsp3) is 0.500. The minimum atomic E-state index is 0. The summed E-state index contributed by atoms with van der Waals surface area (Å²) < 4.78 is 2.12. The van der Waals surface area contributed by atoms with Crippen molar-refractivity contribution in [3.63, 3.8) is 0 Å². The number of aryl methyl sites for hydroxylation is 2. The van der Waals surface area contributed by atoms with Crippen LogP contribution < -0.4 is 0 Å². The molecule has 0 aliphatic heterocycles. The van der Waals surface area contributed by atoms with E-state index in [0.717, 1.165) is 22.6 Å². The maximum atomic E-state index is 4.46. The molecule has 2 aromatic rings. The summed E-state index contributed by atoms with van der Waals surface area (Å²) in [5, 5.41) is 7.77. The average Bonchev–Trinajstić information content (AvgIpc) is 2.42. The van der Waals surface area contributed by atoms with Gasteiger partial charge in [0, 0.05) is 31.2 Å². The van der Waals surface area contributed by atoms with Gasteiger partial charge < -0.3 is 9.55 Å². The summed E-state index contributed by atoms with van der Waals surface area (Å²) >= 11 is 0.